The number of alkyl halides is 3. The van der Waals surface area contributed by atoms with Crippen molar-refractivity contribution in [3.63, 3.8) is 0 Å². The first-order valence-corrected chi connectivity index (χ1v) is 5.51. The molecule has 0 saturated carbocycles. The predicted octanol–water partition coefficient (Wildman–Crippen LogP) is 1.98. The van der Waals surface area contributed by atoms with Gasteiger partial charge in [0.2, 0.25) is 5.82 Å². The quantitative estimate of drug-likeness (QED) is 0.924. The molecule has 1 unspecified atom stereocenters. The summed E-state index contributed by atoms with van der Waals surface area (Å²) in [5.74, 6) is -1.40. The highest BCUT2D eigenvalue weighted by Crippen LogP contribution is 2.27. The first kappa shape index (κ1) is 13.4. The van der Waals surface area contributed by atoms with Crippen molar-refractivity contribution in [2.24, 2.45) is 5.73 Å². The molecule has 0 aromatic carbocycles. The van der Waals surface area contributed by atoms with Crippen molar-refractivity contribution in [1.29, 1.82) is 0 Å². The van der Waals surface area contributed by atoms with Crippen molar-refractivity contribution < 1.29 is 13.2 Å². The minimum atomic E-state index is -4.53. The molecular formula is C12H11F3N4. The van der Waals surface area contributed by atoms with Crippen LogP contribution in [0.4, 0.5) is 13.2 Å². The summed E-state index contributed by atoms with van der Waals surface area (Å²) in [5.41, 5.74) is 7.07. The second-order valence-electron chi connectivity index (χ2n) is 3.91. The van der Waals surface area contributed by atoms with Gasteiger partial charge in [-0.3, -0.25) is 4.98 Å². The van der Waals surface area contributed by atoms with E-state index >= 15 is 0 Å². The lowest BCUT2D eigenvalue weighted by Crippen LogP contribution is -2.16. The SMILES string of the molecule is NCC(c1ccncc1)c1cnc(C(F)(F)F)nc1. The Morgan fingerprint density at radius 3 is 2.11 bits per heavy atom. The molecule has 1 atom stereocenters. The Hall–Kier alpha value is -2.02. The molecule has 0 amide bonds. The van der Waals surface area contributed by atoms with Gasteiger partial charge in [0.05, 0.1) is 0 Å². The minimum Gasteiger partial charge on any atom is -0.330 e. The van der Waals surface area contributed by atoms with Crippen molar-refractivity contribution >= 4 is 0 Å². The predicted molar refractivity (Wildman–Crippen MR) is 62.2 cm³/mol. The Morgan fingerprint density at radius 1 is 1.05 bits per heavy atom. The van der Waals surface area contributed by atoms with Gasteiger partial charge in [-0.25, -0.2) is 9.97 Å². The summed E-state index contributed by atoms with van der Waals surface area (Å²) in [6, 6.07) is 3.52. The summed E-state index contributed by atoms with van der Waals surface area (Å²) in [4.78, 5) is 10.6. The van der Waals surface area contributed by atoms with Crippen molar-refractivity contribution in [2.45, 2.75) is 12.1 Å². The molecule has 7 heteroatoms. The van der Waals surface area contributed by atoms with Gasteiger partial charge in [-0.05, 0) is 23.3 Å². The van der Waals surface area contributed by atoms with Crippen LogP contribution in [0, 0.1) is 0 Å². The molecule has 0 spiro atoms. The third kappa shape index (κ3) is 3.05. The molecule has 0 aliphatic heterocycles. The monoisotopic (exact) mass is 268 g/mol. The number of nitrogens with two attached hydrogens (primary N) is 1. The lowest BCUT2D eigenvalue weighted by Gasteiger charge is -2.15. The van der Waals surface area contributed by atoms with Gasteiger partial charge >= 0.3 is 6.18 Å². The maximum Gasteiger partial charge on any atom is 0.451 e. The van der Waals surface area contributed by atoms with Crippen LogP contribution < -0.4 is 5.73 Å². The number of aromatic nitrogens is 3. The van der Waals surface area contributed by atoms with E-state index in [9.17, 15) is 13.2 Å². The Labute approximate surface area is 107 Å². The molecule has 0 bridgehead atoms. The van der Waals surface area contributed by atoms with E-state index in [1.807, 2.05) is 0 Å². The zero-order valence-electron chi connectivity index (χ0n) is 9.80. The maximum absolute atomic E-state index is 12.4. The fourth-order valence-electron chi connectivity index (χ4n) is 1.72. The van der Waals surface area contributed by atoms with E-state index < -0.39 is 12.0 Å². The normalized spacial score (nSPS) is 13.3. The van der Waals surface area contributed by atoms with Gasteiger partial charge in [-0.15, -0.1) is 0 Å². The molecule has 2 rings (SSSR count). The number of pyridine rings is 1. The molecule has 0 aliphatic carbocycles. The van der Waals surface area contributed by atoms with Gasteiger partial charge in [0.15, 0.2) is 0 Å². The van der Waals surface area contributed by atoms with Crippen LogP contribution in [0.2, 0.25) is 0 Å². The van der Waals surface area contributed by atoms with Crippen LogP contribution in [0.5, 0.6) is 0 Å². The number of hydrogen-bond acceptors (Lipinski definition) is 4. The third-order valence-corrected chi connectivity index (χ3v) is 2.67. The Morgan fingerprint density at radius 2 is 1.63 bits per heavy atom. The molecule has 0 aliphatic rings. The molecule has 2 heterocycles. The zero-order valence-corrected chi connectivity index (χ0v) is 9.80. The first-order valence-electron chi connectivity index (χ1n) is 5.51. The maximum atomic E-state index is 12.4. The number of nitrogens with zero attached hydrogens (tertiary/aromatic N) is 3. The summed E-state index contributed by atoms with van der Waals surface area (Å²) >= 11 is 0. The van der Waals surface area contributed by atoms with Gasteiger partial charge in [0.25, 0.3) is 0 Å². The summed E-state index contributed by atoms with van der Waals surface area (Å²) in [6.07, 6.45) is 0.987. The topological polar surface area (TPSA) is 64.7 Å². The van der Waals surface area contributed by atoms with E-state index in [2.05, 4.69) is 15.0 Å². The molecule has 0 fully saturated rings. The standard InChI is InChI=1S/C12H11F3N4/c13-12(14,15)11-18-6-9(7-19-11)10(5-16)8-1-3-17-4-2-8/h1-4,6-7,10H,5,16H2. The van der Waals surface area contributed by atoms with E-state index in [4.69, 9.17) is 5.73 Å². The summed E-state index contributed by atoms with van der Waals surface area (Å²) < 4.78 is 37.1. The van der Waals surface area contributed by atoms with Crippen molar-refractivity contribution in [3.05, 3.63) is 53.9 Å². The van der Waals surface area contributed by atoms with Crippen molar-refractivity contribution in [1.82, 2.24) is 15.0 Å². The number of rotatable bonds is 3. The Kier molecular flexibility index (Phi) is 3.75. The van der Waals surface area contributed by atoms with Crippen LogP contribution in [-0.2, 0) is 6.18 Å². The van der Waals surface area contributed by atoms with Gasteiger partial charge in [-0.1, -0.05) is 0 Å². The lowest BCUT2D eigenvalue weighted by atomic mass is 9.94. The average Bonchev–Trinajstić information content (AvgIpc) is 2.40. The highest BCUT2D eigenvalue weighted by atomic mass is 19.4. The molecular weight excluding hydrogens is 257 g/mol. The first-order chi connectivity index (χ1) is 9.02. The Bertz CT molecular complexity index is 525. The van der Waals surface area contributed by atoms with Gasteiger partial charge in [0, 0.05) is 37.3 Å². The highest BCUT2D eigenvalue weighted by Gasteiger charge is 2.34. The molecule has 0 radical (unpaired) electrons. The van der Waals surface area contributed by atoms with Crippen molar-refractivity contribution in [3.8, 4) is 0 Å². The van der Waals surface area contributed by atoms with E-state index in [1.165, 1.54) is 0 Å². The van der Waals surface area contributed by atoms with Crippen LogP contribution in [0.1, 0.15) is 22.9 Å². The molecule has 0 saturated heterocycles. The minimum absolute atomic E-state index is 0.245. The van der Waals surface area contributed by atoms with E-state index in [-0.39, 0.29) is 12.5 Å². The van der Waals surface area contributed by atoms with Crippen LogP contribution >= 0.6 is 0 Å². The number of hydrogen-bond donors (Lipinski definition) is 1. The lowest BCUT2D eigenvalue weighted by molar-refractivity contribution is -0.145. The Balaban J connectivity index is 2.30. The second-order valence-corrected chi connectivity index (χ2v) is 3.91. The van der Waals surface area contributed by atoms with Crippen LogP contribution in [-0.4, -0.2) is 21.5 Å². The largest absolute Gasteiger partial charge is 0.451 e. The van der Waals surface area contributed by atoms with E-state index in [0.717, 1.165) is 18.0 Å². The molecule has 2 N–H and O–H groups in total. The highest BCUT2D eigenvalue weighted by molar-refractivity contribution is 5.28. The van der Waals surface area contributed by atoms with Gasteiger partial charge < -0.3 is 5.73 Å². The van der Waals surface area contributed by atoms with Crippen LogP contribution in [0.25, 0.3) is 0 Å². The second kappa shape index (κ2) is 5.31. The van der Waals surface area contributed by atoms with Gasteiger partial charge in [0.1, 0.15) is 0 Å². The fraction of sp³-hybridized carbons (Fsp3) is 0.250. The third-order valence-electron chi connectivity index (χ3n) is 2.67. The van der Waals surface area contributed by atoms with Crippen LogP contribution in [0.3, 0.4) is 0 Å². The molecule has 19 heavy (non-hydrogen) atoms. The molecule has 4 nitrogen and oxygen atoms in total. The van der Waals surface area contributed by atoms with E-state index in [0.29, 0.717) is 5.56 Å². The average molecular weight is 268 g/mol. The number of halogens is 3. The molecule has 100 valence electrons. The van der Waals surface area contributed by atoms with Crippen molar-refractivity contribution in [2.75, 3.05) is 6.54 Å². The summed E-state index contributed by atoms with van der Waals surface area (Å²) in [7, 11) is 0. The summed E-state index contributed by atoms with van der Waals surface area (Å²) in [5, 5.41) is 0. The van der Waals surface area contributed by atoms with Crippen LogP contribution in [0.15, 0.2) is 36.9 Å². The van der Waals surface area contributed by atoms with Gasteiger partial charge in [-0.2, -0.15) is 13.2 Å². The zero-order chi connectivity index (χ0) is 13.9. The molecule has 2 aromatic rings. The summed E-state index contributed by atoms with van der Waals surface area (Å²) in [6.45, 7) is 0.249. The molecule has 2 aromatic heterocycles. The smallest absolute Gasteiger partial charge is 0.330 e. The fourth-order valence-corrected chi connectivity index (χ4v) is 1.72. The van der Waals surface area contributed by atoms with E-state index in [1.54, 1.807) is 24.5 Å².